The number of rotatable bonds is 7. The van der Waals surface area contributed by atoms with Crippen molar-refractivity contribution in [1.29, 1.82) is 10.5 Å². The molecule has 3 N–H and O–H groups in total. The van der Waals surface area contributed by atoms with E-state index in [2.05, 4.69) is 43.2 Å². The molecular weight excluding hydrogens is 551 g/mol. The first kappa shape index (κ1) is 28.6. The highest BCUT2D eigenvalue weighted by molar-refractivity contribution is 7.99. The number of hydrogen-bond acceptors (Lipinski definition) is 10. The van der Waals surface area contributed by atoms with Crippen molar-refractivity contribution in [3.8, 4) is 22.6 Å². The van der Waals surface area contributed by atoms with Gasteiger partial charge in [-0.2, -0.15) is 10.5 Å². The molecule has 1 aliphatic rings. The molecule has 1 atom stereocenters. The second-order valence-corrected chi connectivity index (χ2v) is 13.4. The van der Waals surface area contributed by atoms with Crippen LogP contribution in [-0.4, -0.2) is 29.7 Å². The van der Waals surface area contributed by atoms with Crippen LogP contribution in [0.2, 0.25) is 0 Å². The van der Waals surface area contributed by atoms with Gasteiger partial charge in [0, 0.05) is 27.5 Å². The summed E-state index contributed by atoms with van der Waals surface area (Å²) in [5.41, 5.74) is 8.56. The minimum Gasteiger partial charge on any atom is -0.465 e. The Labute approximate surface area is 240 Å². The molecule has 0 saturated heterocycles. The summed E-state index contributed by atoms with van der Waals surface area (Å²) < 4.78 is 5.05. The van der Waals surface area contributed by atoms with Crippen molar-refractivity contribution in [3.05, 3.63) is 44.6 Å². The third-order valence-electron chi connectivity index (χ3n) is 6.88. The second kappa shape index (κ2) is 11.8. The van der Waals surface area contributed by atoms with Crippen molar-refractivity contribution in [2.75, 3.05) is 23.9 Å². The van der Waals surface area contributed by atoms with E-state index in [0.29, 0.717) is 32.8 Å². The summed E-state index contributed by atoms with van der Waals surface area (Å²) in [5, 5.41) is 25.2. The first-order chi connectivity index (χ1) is 18.6. The number of methoxy groups -OCH3 is 1. The molecule has 8 nitrogen and oxygen atoms in total. The van der Waals surface area contributed by atoms with Crippen LogP contribution in [0.4, 0.5) is 10.8 Å². The van der Waals surface area contributed by atoms with E-state index >= 15 is 0 Å². The zero-order valence-corrected chi connectivity index (χ0v) is 24.7. The SMILES string of the molecule is COC(=O)c1c(NC(=O)CCSc2nc(N)c(C#N)c(-c3cccs3)c2C#N)sc2c1CCC(C(C)(C)C)C2. The number of thiophene rings is 2. The normalized spacial score (nSPS) is 14.7. The lowest BCUT2D eigenvalue weighted by Gasteiger charge is -2.33. The van der Waals surface area contributed by atoms with Crippen LogP contribution in [0.1, 0.15) is 65.5 Å². The number of nitriles is 2. The van der Waals surface area contributed by atoms with E-state index in [1.807, 2.05) is 17.5 Å². The molecule has 0 aromatic carbocycles. The molecule has 202 valence electrons. The number of thioether (sulfide) groups is 1. The van der Waals surface area contributed by atoms with Crippen LogP contribution < -0.4 is 11.1 Å². The molecule has 0 bridgehead atoms. The Hall–Kier alpha value is -3.38. The largest absolute Gasteiger partial charge is 0.465 e. The molecular formula is C28H29N5O3S3. The third kappa shape index (κ3) is 5.96. The van der Waals surface area contributed by atoms with Crippen molar-refractivity contribution in [1.82, 2.24) is 4.98 Å². The van der Waals surface area contributed by atoms with Crippen LogP contribution in [0, 0.1) is 34.0 Å². The fourth-order valence-corrected chi connectivity index (χ4v) is 7.78. The lowest BCUT2D eigenvalue weighted by Crippen LogP contribution is -2.26. The number of carbonyl (C=O) groups is 2. The molecule has 3 aromatic rings. The van der Waals surface area contributed by atoms with Crippen LogP contribution in [0.25, 0.3) is 10.4 Å². The highest BCUT2D eigenvalue weighted by atomic mass is 32.2. The monoisotopic (exact) mass is 579 g/mol. The number of nitrogens with one attached hydrogen (secondary N) is 1. The Bertz CT molecular complexity index is 1490. The summed E-state index contributed by atoms with van der Waals surface area (Å²) in [5.74, 6) is 0.177. The zero-order chi connectivity index (χ0) is 28.3. The van der Waals surface area contributed by atoms with Crippen LogP contribution in [0.5, 0.6) is 0 Å². The first-order valence-electron chi connectivity index (χ1n) is 12.4. The molecule has 1 unspecified atom stereocenters. The second-order valence-electron chi connectivity index (χ2n) is 10.3. The Balaban J connectivity index is 1.51. The molecule has 3 heterocycles. The summed E-state index contributed by atoms with van der Waals surface area (Å²) in [4.78, 5) is 31.8. The van der Waals surface area contributed by atoms with Gasteiger partial charge in [0.2, 0.25) is 5.91 Å². The quantitative estimate of drug-likeness (QED) is 0.247. The van der Waals surface area contributed by atoms with Gasteiger partial charge in [-0.25, -0.2) is 9.78 Å². The van der Waals surface area contributed by atoms with Crippen molar-refractivity contribution in [2.45, 2.75) is 51.5 Å². The van der Waals surface area contributed by atoms with Gasteiger partial charge in [-0.1, -0.05) is 26.8 Å². The van der Waals surface area contributed by atoms with E-state index in [1.54, 1.807) is 0 Å². The van der Waals surface area contributed by atoms with Crippen LogP contribution >= 0.6 is 34.4 Å². The van der Waals surface area contributed by atoms with Gasteiger partial charge >= 0.3 is 5.97 Å². The number of pyridine rings is 1. The smallest absolute Gasteiger partial charge is 0.341 e. The number of carbonyl (C=O) groups excluding carboxylic acids is 2. The molecule has 0 fully saturated rings. The van der Waals surface area contributed by atoms with Crippen molar-refractivity contribution in [2.24, 2.45) is 11.3 Å². The lowest BCUT2D eigenvalue weighted by molar-refractivity contribution is -0.115. The van der Waals surface area contributed by atoms with Gasteiger partial charge in [-0.05, 0) is 47.6 Å². The van der Waals surface area contributed by atoms with Crippen molar-refractivity contribution < 1.29 is 14.3 Å². The van der Waals surface area contributed by atoms with E-state index in [0.717, 1.165) is 34.6 Å². The number of aromatic nitrogens is 1. The highest BCUT2D eigenvalue weighted by Gasteiger charge is 2.34. The van der Waals surface area contributed by atoms with Gasteiger partial charge in [0.25, 0.3) is 0 Å². The fourth-order valence-electron chi connectivity index (χ4n) is 4.73. The third-order valence-corrected chi connectivity index (χ3v) is 9.92. The van der Waals surface area contributed by atoms with Crippen molar-refractivity contribution in [3.63, 3.8) is 0 Å². The number of nitrogen functional groups attached to an aromatic ring is 1. The van der Waals surface area contributed by atoms with Crippen LogP contribution in [0.15, 0.2) is 22.5 Å². The fraction of sp³-hybridized carbons (Fsp3) is 0.393. The van der Waals surface area contributed by atoms with Gasteiger partial charge < -0.3 is 15.8 Å². The highest BCUT2D eigenvalue weighted by Crippen LogP contribution is 2.44. The number of anilines is 2. The molecule has 3 aromatic heterocycles. The standard InChI is InChI=1S/C28H29N5O3S3/c1-28(2,3)15-7-8-16-20(12-15)39-26(23(16)27(35)36-4)32-21(34)9-11-38-25-18(14-30)22(19-6-5-10-37-19)17(13-29)24(31)33-25/h5-6,10,15H,7-9,11-12H2,1-4H3,(H2,31,33)(H,32,34). The number of amides is 1. The number of esters is 1. The van der Waals surface area contributed by atoms with E-state index in [1.165, 1.54) is 41.5 Å². The number of nitrogens with two attached hydrogens (primary N) is 1. The molecule has 0 spiro atoms. The number of hydrogen-bond donors (Lipinski definition) is 2. The lowest BCUT2D eigenvalue weighted by atomic mass is 9.72. The van der Waals surface area contributed by atoms with Gasteiger partial charge in [-0.15, -0.1) is 34.4 Å². The maximum absolute atomic E-state index is 13.0. The average molecular weight is 580 g/mol. The molecule has 0 radical (unpaired) electrons. The minimum atomic E-state index is -0.441. The number of nitrogens with zero attached hydrogens (tertiary/aromatic N) is 3. The van der Waals surface area contributed by atoms with E-state index in [4.69, 9.17) is 10.5 Å². The average Bonchev–Trinajstić information content (AvgIpc) is 3.55. The van der Waals surface area contributed by atoms with Crippen LogP contribution in [-0.2, 0) is 22.4 Å². The molecule has 4 rings (SSSR count). The van der Waals surface area contributed by atoms with Gasteiger partial charge in [0.1, 0.15) is 33.5 Å². The zero-order valence-electron chi connectivity index (χ0n) is 22.2. The minimum absolute atomic E-state index is 0.0484. The Morgan fingerprint density at radius 3 is 2.64 bits per heavy atom. The van der Waals surface area contributed by atoms with E-state index in [9.17, 15) is 20.1 Å². The Kier molecular flexibility index (Phi) is 8.65. The summed E-state index contributed by atoms with van der Waals surface area (Å²) >= 11 is 4.09. The number of ether oxygens (including phenoxy) is 1. The van der Waals surface area contributed by atoms with Gasteiger partial charge in [0.15, 0.2) is 0 Å². The molecule has 11 heteroatoms. The first-order valence-corrected chi connectivity index (χ1v) is 15.1. The summed E-state index contributed by atoms with van der Waals surface area (Å²) in [6.07, 6.45) is 2.75. The molecule has 39 heavy (non-hydrogen) atoms. The van der Waals surface area contributed by atoms with Gasteiger partial charge in [0.05, 0.1) is 18.2 Å². The molecule has 1 aliphatic carbocycles. The Morgan fingerprint density at radius 1 is 1.28 bits per heavy atom. The Morgan fingerprint density at radius 2 is 2.03 bits per heavy atom. The van der Waals surface area contributed by atoms with E-state index < -0.39 is 5.97 Å². The van der Waals surface area contributed by atoms with Crippen LogP contribution in [0.3, 0.4) is 0 Å². The summed E-state index contributed by atoms with van der Waals surface area (Å²) in [7, 11) is 1.35. The van der Waals surface area contributed by atoms with E-state index in [-0.39, 0.29) is 34.7 Å². The topological polar surface area (TPSA) is 142 Å². The summed E-state index contributed by atoms with van der Waals surface area (Å²) in [6, 6.07) is 7.89. The molecule has 0 aliphatic heterocycles. The summed E-state index contributed by atoms with van der Waals surface area (Å²) in [6.45, 7) is 6.69. The molecule has 1 amide bonds. The maximum Gasteiger partial charge on any atom is 0.341 e. The molecule has 0 saturated carbocycles. The predicted molar refractivity (Wildman–Crippen MR) is 156 cm³/mol. The predicted octanol–water partition coefficient (Wildman–Crippen LogP) is 6.26. The maximum atomic E-state index is 13.0. The van der Waals surface area contributed by atoms with Gasteiger partial charge in [-0.3, -0.25) is 4.79 Å². The van der Waals surface area contributed by atoms with Crippen molar-refractivity contribution >= 4 is 57.1 Å². The number of fused-ring (bicyclic) bond motifs is 1.